The fourth-order valence-corrected chi connectivity index (χ4v) is 2.23. The lowest BCUT2D eigenvalue weighted by molar-refractivity contribution is -0.142. The van der Waals surface area contributed by atoms with Crippen LogP contribution in [-0.2, 0) is 25.1 Å². The molecule has 0 heterocycles. The van der Waals surface area contributed by atoms with Gasteiger partial charge in [-0.25, -0.2) is 9.59 Å². The molecular formula is C11H20N2O6S. The highest BCUT2D eigenvalue weighted by atomic mass is 32.2. The minimum absolute atomic E-state index is 0.0660. The van der Waals surface area contributed by atoms with Crippen molar-refractivity contribution >= 4 is 28.8 Å². The molecule has 116 valence electrons. The van der Waals surface area contributed by atoms with Crippen LogP contribution in [0.15, 0.2) is 0 Å². The Morgan fingerprint density at radius 1 is 1.30 bits per heavy atom. The number of urea groups is 1. The molecule has 0 saturated heterocycles. The van der Waals surface area contributed by atoms with E-state index < -0.39 is 34.8 Å². The number of carboxylic acid groups (broad SMARTS) is 1. The second kappa shape index (κ2) is 9.29. The van der Waals surface area contributed by atoms with Crippen molar-refractivity contribution in [2.24, 2.45) is 0 Å². The van der Waals surface area contributed by atoms with E-state index in [2.05, 4.69) is 15.4 Å². The zero-order chi connectivity index (χ0) is 15.7. The largest absolute Gasteiger partial charge is 0.480 e. The molecule has 9 heteroatoms. The summed E-state index contributed by atoms with van der Waals surface area (Å²) in [5.74, 6) is -1.52. The highest BCUT2D eigenvalue weighted by Crippen LogP contribution is 2.00. The monoisotopic (exact) mass is 308 g/mol. The average Bonchev–Trinajstić information content (AvgIpc) is 2.32. The maximum absolute atomic E-state index is 11.6. The third kappa shape index (κ3) is 8.46. The van der Waals surface area contributed by atoms with Crippen LogP contribution in [0.4, 0.5) is 4.79 Å². The van der Waals surface area contributed by atoms with Crippen molar-refractivity contribution in [3.63, 3.8) is 0 Å². The molecular weight excluding hydrogens is 288 g/mol. The van der Waals surface area contributed by atoms with Gasteiger partial charge in [0, 0.05) is 35.3 Å². The third-order valence-electron chi connectivity index (χ3n) is 2.33. The SMILES string of the molecule is COC(=O)CC[C@@H](NC(=O)NC(C)CS(C)=O)C(=O)O. The van der Waals surface area contributed by atoms with Gasteiger partial charge >= 0.3 is 18.0 Å². The number of ether oxygens (including phenoxy) is 1. The van der Waals surface area contributed by atoms with E-state index in [0.717, 1.165) is 0 Å². The molecule has 0 aliphatic heterocycles. The van der Waals surface area contributed by atoms with E-state index in [4.69, 9.17) is 5.11 Å². The number of methoxy groups -OCH3 is 1. The zero-order valence-corrected chi connectivity index (χ0v) is 12.5. The van der Waals surface area contributed by atoms with Crippen LogP contribution < -0.4 is 10.6 Å². The standard InChI is InChI=1S/C11H20N2O6S/c1-7(6-20(3)18)12-11(17)13-8(10(15)16)4-5-9(14)19-2/h7-8H,4-6H2,1-3H3,(H,15,16)(H2,12,13,17)/t7?,8-,20?/m1/s1. The summed E-state index contributed by atoms with van der Waals surface area (Å²) in [7, 11) is 0.135. The van der Waals surface area contributed by atoms with Crippen LogP contribution in [0.25, 0.3) is 0 Å². The Morgan fingerprint density at radius 3 is 2.35 bits per heavy atom. The summed E-state index contributed by atoms with van der Waals surface area (Å²) in [6, 6.07) is -2.22. The van der Waals surface area contributed by atoms with E-state index in [1.165, 1.54) is 13.4 Å². The Balaban J connectivity index is 4.30. The van der Waals surface area contributed by atoms with E-state index >= 15 is 0 Å². The first-order valence-electron chi connectivity index (χ1n) is 5.93. The summed E-state index contributed by atoms with van der Waals surface area (Å²) in [6.07, 6.45) is 1.33. The van der Waals surface area contributed by atoms with Crippen LogP contribution in [0.2, 0.25) is 0 Å². The number of aliphatic carboxylic acids is 1. The topological polar surface area (TPSA) is 122 Å². The van der Waals surface area contributed by atoms with E-state index in [1.54, 1.807) is 6.92 Å². The van der Waals surface area contributed by atoms with Crippen molar-refractivity contribution in [1.29, 1.82) is 0 Å². The van der Waals surface area contributed by atoms with E-state index in [-0.39, 0.29) is 24.6 Å². The maximum atomic E-state index is 11.6. The summed E-state index contributed by atoms with van der Waals surface area (Å²) in [5, 5.41) is 13.7. The molecule has 0 aliphatic carbocycles. The molecule has 0 fully saturated rings. The fraction of sp³-hybridized carbons (Fsp3) is 0.727. The van der Waals surface area contributed by atoms with Crippen molar-refractivity contribution in [3.05, 3.63) is 0 Å². The summed E-state index contributed by atoms with van der Waals surface area (Å²) < 4.78 is 15.4. The first kappa shape index (κ1) is 18.4. The molecule has 2 unspecified atom stereocenters. The van der Waals surface area contributed by atoms with Crippen molar-refractivity contribution < 1.29 is 28.4 Å². The lowest BCUT2D eigenvalue weighted by Crippen LogP contribution is -2.49. The fourth-order valence-electron chi connectivity index (χ4n) is 1.44. The molecule has 3 N–H and O–H groups in total. The van der Waals surface area contributed by atoms with Crippen LogP contribution >= 0.6 is 0 Å². The number of carboxylic acids is 1. The number of esters is 1. The number of nitrogens with one attached hydrogen (secondary N) is 2. The van der Waals surface area contributed by atoms with Crippen LogP contribution in [0.3, 0.4) is 0 Å². The first-order valence-corrected chi connectivity index (χ1v) is 7.65. The summed E-state index contributed by atoms with van der Waals surface area (Å²) in [5.41, 5.74) is 0. The molecule has 3 atom stereocenters. The molecule has 0 aromatic heterocycles. The third-order valence-corrected chi connectivity index (χ3v) is 3.30. The van der Waals surface area contributed by atoms with Crippen LogP contribution in [0.1, 0.15) is 19.8 Å². The molecule has 8 nitrogen and oxygen atoms in total. The Bertz CT molecular complexity index is 387. The van der Waals surface area contributed by atoms with Crippen LogP contribution in [0.5, 0.6) is 0 Å². The lowest BCUT2D eigenvalue weighted by atomic mass is 10.1. The molecule has 0 saturated carbocycles. The smallest absolute Gasteiger partial charge is 0.326 e. The van der Waals surface area contributed by atoms with E-state index in [9.17, 15) is 18.6 Å². The van der Waals surface area contributed by atoms with Crippen LogP contribution in [-0.4, -0.2) is 58.5 Å². The molecule has 0 aliphatic rings. The van der Waals surface area contributed by atoms with Crippen molar-refractivity contribution in [3.8, 4) is 0 Å². The maximum Gasteiger partial charge on any atom is 0.326 e. The molecule has 2 amide bonds. The van der Waals surface area contributed by atoms with Gasteiger partial charge in [-0.15, -0.1) is 0 Å². The van der Waals surface area contributed by atoms with Gasteiger partial charge in [-0.1, -0.05) is 0 Å². The number of hydrogen-bond acceptors (Lipinski definition) is 5. The summed E-state index contributed by atoms with van der Waals surface area (Å²) >= 11 is 0. The van der Waals surface area contributed by atoms with Gasteiger partial charge < -0.3 is 20.5 Å². The highest BCUT2D eigenvalue weighted by Gasteiger charge is 2.21. The van der Waals surface area contributed by atoms with Gasteiger partial charge in [0.1, 0.15) is 6.04 Å². The van der Waals surface area contributed by atoms with E-state index in [0.29, 0.717) is 0 Å². The first-order chi connectivity index (χ1) is 9.26. The van der Waals surface area contributed by atoms with Gasteiger partial charge in [-0.05, 0) is 13.3 Å². The van der Waals surface area contributed by atoms with Gasteiger partial charge in [0.05, 0.1) is 7.11 Å². The van der Waals surface area contributed by atoms with Crippen LogP contribution in [0, 0.1) is 0 Å². The average molecular weight is 308 g/mol. The van der Waals surface area contributed by atoms with Crippen molar-refractivity contribution in [2.75, 3.05) is 19.1 Å². The number of rotatable bonds is 8. The highest BCUT2D eigenvalue weighted by molar-refractivity contribution is 7.84. The predicted octanol–water partition coefficient (Wildman–Crippen LogP) is -0.541. The number of hydrogen-bond donors (Lipinski definition) is 3. The molecule has 0 aromatic carbocycles. The molecule has 0 spiro atoms. The van der Waals surface area contributed by atoms with E-state index in [1.807, 2.05) is 0 Å². The second-order valence-corrected chi connectivity index (χ2v) is 5.74. The van der Waals surface area contributed by atoms with Gasteiger partial charge in [-0.3, -0.25) is 9.00 Å². The predicted molar refractivity (Wildman–Crippen MR) is 72.7 cm³/mol. The molecule has 0 aromatic rings. The Kier molecular flexibility index (Phi) is 8.53. The minimum atomic E-state index is -1.24. The summed E-state index contributed by atoms with van der Waals surface area (Å²) in [6.45, 7) is 1.66. The molecule has 0 rings (SSSR count). The normalized spacial score (nSPS) is 14.8. The van der Waals surface area contributed by atoms with Crippen molar-refractivity contribution in [1.82, 2.24) is 10.6 Å². The molecule has 0 radical (unpaired) electrons. The Labute approximate surface area is 119 Å². The second-order valence-electron chi connectivity index (χ2n) is 4.26. The minimum Gasteiger partial charge on any atom is -0.480 e. The van der Waals surface area contributed by atoms with Gasteiger partial charge in [-0.2, -0.15) is 0 Å². The molecule has 20 heavy (non-hydrogen) atoms. The molecule has 0 bridgehead atoms. The Morgan fingerprint density at radius 2 is 1.90 bits per heavy atom. The Hall–Kier alpha value is -1.64. The van der Waals surface area contributed by atoms with Crippen molar-refractivity contribution in [2.45, 2.75) is 31.8 Å². The number of carbonyl (C=O) groups excluding carboxylic acids is 2. The lowest BCUT2D eigenvalue weighted by Gasteiger charge is -2.17. The zero-order valence-electron chi connectivity index (χ0n) is 11.7. The van der Waals surface area contributed by atoms with Gasteiger partial charge in [0.2, 0.25) is 0 Å². The summed E-state index contributed by atoms with van der Waals surface area (Å²) in [4.78, 5) is 33.5. The van der Waals surface area contributed by atoms with Gasteiger partial charge in [0.15, 0.2) is 0 Å². The quantitative estimate of drug-likeness (QED) is 0.518. The number of amides is 2. The van der Waals surface area contributed by atoms with Gasteiger partial charge in [0.25, 0.3) is 0 Å². The number of carbonyl (C=O) groups is 3.